The molecule has 0 spiro atoms. The highest BCUT2D eigenvalue weighted by molar-refractivity contribution is 7.80. The van der Waals surface area contributed by atoms with Crippen molar-refractivity contribution in [3.8, 4) is 0 Å². The number of thiocarbonyl (C=S) groups is 1. The van der Waals surface area contributed by atoms with Gasteiger partial charge in [-0.05, 0) is 75.5 Å². The van der Waals surface area contributed by atoms with Crippen molar-refractivity contribution in [2.45, 2.75) is 78.9 Å². The molecule has 1 saturated carbocycles. The highest BCUT2D eigenvalue weighted by Crippen LogP contribution is 2.29. The van der Waals surface area contributed by atoms with E-state index in [0.29, 0.717) is 6.04 Å². The molecule has 164 valence electrons. The quantitative estimate of drug-likeness (QED) is 0.433. The second-order valence-electron chi connectivity index (χ2n) is 9.08. The van der Waals surface area contributed by atoms with E-state index in [1.807, 2.05) is 0 Å². The van der Waals surface area contributed by atoms with Crippen LogP contribution in [0.5, 0.6) is 0 Å². The molecule has 1 aliphatic carbocycles. The normalized spacial score (nSPS) is 14.7. The molecule has 3 nitrogen and oxygen atoms in total. The van der Waals surface area contributed by atoms with Crippen molar-refractivity contribution < 1.29 is 0 Å². The summed E-state index contributed by atoms with van der Waals surface area (Å²) in [4.78, 5) is 2.47. The second kappa shape index (κ2) is 9.44. The lowest BCUT2D eigenvalue weighted by atomic mass is 9.94. The number of rotatable bonds is 5. The molecule has 2 aromatic carbocycles. The molecule has 0 atom stereocenters. The molecular weight excluding hydrogens is 398 g/mol. The van der Waals surface area contributed by atoms with E-state index in [9.17, 15) is 0 Å². The van der Waals surface area contributed by atoms with Gasteiger partial charge in [-0.2, -0.15) is 0 Å². The third kappa shape index (κ3) is 4.64. The molecule has 1 aromatic heterocycles. The number of nitrogens with zero attached hydrogens (tertiary/aromatic N) is 2. The summed E-state index contributed by atoms with van der Waals surface area (Å²) < 4.78 is 2.36. The van der Waals surface area contributed by atoms with Crippen LogP contribution in [0.1, 0.15) is 61.3 Å². The van der Waals surface area contributed by atoms with E-state index in [-0.39, 0.29) is 0 Å². The molecule has 1 aliphatic rings. The third-order valence-electron chi connectivity index (χ3n) is 6.74. The van der Waals surface area contributed by atoms with Gasteiger partial charge in [-0.15, -0.1) is 0 Å². The highest BCUT2D eigenvalue weighted by Gasteiger charge is 2.25. The predicted octanol–water partition coefficient (Wildman–Crippen LogP) is 7.12. The van der Waals surface area contributed by atoms with Gasteiger partial charge >= 0.3 is 0 Å². The van der Waals surface area contributed by atoms with Crippen LogP contribution >= 0.6 is 12.2 Å². The largest absolute Gasteiger partial charge is 0.347 e. The minimum absolute atomic E-state index is 0.503. The zero-order valence-corrected chi connectivity index (χ0v) is 20.2. The first-order valence-electron chi connectivity index (χ1n) is 11.7. The van der Waals surface area contributed by atoms with Crippen molar-refractivity contribution in [3.05, 3.63) is 64.8 Å². The molecule has 0 saturated heterocycles. The van der Waals surface area contributed by atoms with Gasteiger partial charge in [0.05, 0.1) is 0 Å². The summed E-state index contributed by atoms with van der Waals surface area (Å²) in [5.74, 6) is 0. The van der Waals surface area contributed by atoms with Crippen LogP contribution in [0, 0.1) is 20.8 Å². The number of nitrogens with one attached hydrogen (secondary N) is 1. The highest BCUT2D eigenvalue weighted by atomic mass is 32.1. The second-order valence-corrected chi connectivity index (χ2v) is 9.47. The SMILES string of the molecule is CCn1cc(CN(C(=S)Nc2c(C)cc(C)cc2C)C2CCCCC2)c2ccccc21. The smallest absolute Gasteiger partial charge is 0.173 e. The number of fused-ring (bicyclic) bond motifs is 1. The number of para-hydroxylation sites is 1. The molecule has 4 rings (SSSR count). The standard InChI is InChI=1S/C27H35N3S/c1-5-29-17-22(24-13-9-10-14-25(24)29)18-30(23-11-7-6-8-12-23)27(31)28-26-20(3)15-19(2)16-21(26)4/h9-10,13-17,23H,5-8,11-12,18H2,1-4H3,(H,28,31). The van der Waals surface area contributed by atoms with Gasteiger partial charge in [0.2, 0.25) is 0 Å². The Morgan fingerprint density at radius 2 is 1.74 bits per heavy atom. The van der Waals surface area contributed by atoms with Crippen molar-refractivity contribution in [1.29, 1.82) is 0 Å². The first kappa shape index (κ1) is 21.9. The Morgan fingerprint density at radius 1 is 1.06 bits per heavy atom. The molecule has 1 heterocycles. The fraction of sp³-hybridized carbons (Fsp3) is 0.444. The lowest BCUT2D eigenvalue weighted by Crippen LogP contribution is -2.43. The van der Waals surface area contributed by atoms with Crippen molar-refractivity contribution in [1.82, 2.24) is 9.47 Å². The maximum Gasteiger partial charge on any atom is 0.173 e. The number of aryl methyl sites for hydroxylation is 4. The molecule has 0 aliphatic heterocycles. The Morgan fingerprint density at radius 3 is 2.42 bits per heavy atom. The van der Waals surface area contributed by atoms with Gasteiger partial charge < -0.3 is 14.8 Å². The average Bonchev–Trinajstić information content (AvgIpc) is 3.12. The van der Waals surface area contributed by atoms with Crippen molar-refractivity contribution in [3.63, 3.8) is 0 Å². The first-order chi connectivity index (χ1) is 15.0. The van der Waals surface area contributed by atoms with E-state index >= 15 is 0 Å². The summed E-state index contributed by atoms with van der Waals surface area (Å²) in [6.45, 7) is 10.5. The van der Waals surface area contributed by atoms with E-state index in [1.54, 1.807) is 0 Å². The molecule has 4 heteroatoms. The third-order valence-corrected chi connectivity index (χ3v) is 7.07. The monoisotopic (exact) mass is 433 g/mol. The maximum absolute atomic E-state index is 6.06. The molecule has 0 amide bonds. The zero-order chi connectivity index (χ0) is 22.0. The Balaban J connectivity index is 1.66. The summed E-state index contributed by atoms with van der Waals surface area (Å²) in [6, 6.07) is 13.7. The molecule has 31 heavy (non-hydrogen) atoms. The summed E-state index contributed by atoms with van der Waals surface area (Å²) in [6.07, 6.45) is 8.70. The van der Waals surface area contributed by atoms with Crippen LogP contribution in [0.25, 0.3) is 10.9 Å². The molecular formula is C27H35N3S. The number of anilines is 1. The Bertz CT molecular complexity index is 1050. The van der Waals surface area contributed by atoms with Crippen LogP contribution in [0.15, 0.2) is 42.6 Å². The van der Waals surface area contributed by atoms with Crippen LogP contribution in [0.2, 0.25) is 0 Å². The van der Waals surface area contributed by atoms with E-state index in [2.05, 4.69) is 85.1 Å². The van der Waals surface area contributed by atoms with Crippen molar-refractivity contribution in [2.24, 2.45) is 0 Å². The molecule has 0 bridgehead atoms. The van der Waals surface area contributed by atoms with E-state index in [0.717, 1.165) is 23.9 Å². The van der Waals surface area contributed by atoms with Crippen molar-refractivity contribution >= 4 is 33.9 Å². The van der Waals surface area contributed by atoms with E-state index in [4.69, 9.17) is 12.2 Å². The summed E-state index contributed by atoms with van der Waals surface area (Å²) in [7, 11) is 0. The minimum atomic E-state index is 0.503. The van der Waals surface area contributed by atoms with Crippen molar-refractivity contribution in [2.75, 3.05) is 5.32 Å². The molecule has 1 fully saturated rings. The topological polar surface area (TPSA) is 20.2 Å². The summed E-state index contributed by atoms with van der Waals surface area (Å²) in [5, 5.41) is 5.84. The number of aromatic nitrogens is 1. The summed E-state index contributed by atoms with van der Waals surface area (Å²) >= 11 is 6.06. The van der Waals surface area contributed by atoms with Gasteiger partial charge in [0, 0.05) is 41.9 Å². The van der Waals surface area contributed by atoms with Gasteiger partial charge in [-0.3, -0.25) is 0 Å². The number of benzene rings is 2. The number of hydrogen-bond acceptors (Lipinski definition) is 1. The lowest BCUT2D eigenvalue weighted by molar-refractivity contribution is 0.241. The Labute approximate surface area is 192 Å². The molecule has 0 unspecified atom stereocenters. The van der Waals surface area contributed by atoms with Gasteiger partial charge in [-0.25, -0.2) is 0 Å². The molecule has 3 aromatic rings. The minimum Gasteiger partial charge on any atom is -0.347 e. The maximum atomic E-state index is 6.06. The predicted molar refractivity (Wildman–Crippen MR) is 137 cm³/mol. The summed E-state index contributed by atoms with van der Waals surface area (Å²) in [5.41, 5.74) is 7.64. The fourth-order valence-corrected chi connectivity index (χ4v) is 5.53. The van der Waals surface area contributed by atoms with Crippen LogP contribution in [-0.4, -0.2) is 20.6 Å². The van der Waals surface area contributed by atoms with Crippen LogP contribution in [0.3, 0.4) is 0 Å². The Hall–Kier alpha value is -2.33. The number of hydrogen-bond donors (Lipinski definition) is 1. The van der Waals surface area contributed by atoms with Gasteiger partial charge in [0.25, 0.3) is 0 Å². The zero-order valence-electron chi connectivity index (χ0n) is 19.4. The molecule has 1 N–H and O–H groups in total. The lowest BCUT2D eigenvalue weighted by Gasteiger charge is -2.36. The van der Waals surface area contributed by atoms with Gasteiger partial charge in [-0.1, -0.05) is 55.2 Å². The first-order valence-corrected chi connectivity index (χ1v) is 12.1. The fourth-order valence-electron chi connectivity index (χ4n) is 5.21. The van der Waals surface area contributed by atoms with Crippen LogP contribution in [-0.2, 0) is 13.1 Å². The van der Waals surface area contributed by atoms with Crippen LogP contribution < -0.4 is 5.32 Å². The van der Waals surface area contributed by atoms with E-state index < -0.39 is 0 Å². The average molecular weight is 434 g/mol. The van der Waals surface area contributed by atoms with Gasteiger partial charge in [0.1, 0.15) is 0 Å². The van der Waals surface area contributed by atoms with E-state index in [1.165, 1.54) is 65.3 Å². The van der Waals surface area contributed by atoms with Gasteiger partial charge in [0.15, 0.2) is 5.11 Å². The Kier molecular flexibility index (Phi) is 6.66. The molecule has 0 radical (unpaired) electrons. The van der Waals surface area contributed by atoms with Crippen LogP contribution in [0.4, 0.5) is 5.69 Å².